The molecule has 0 fully saturated rings. The van der Waals surface area contributed by atoms with Crippen LogP contribution in [0.1, 0.15) is 21.5 Å². The summed E-state index contributed by atoms with van der Waals surface area (Å²) >= 11 is 0. The lowest BCUT2D eigenvalue weighted by Crippen LogP contribution is -1.97. The molecule has 0 radical (unpaired) electrons. The van der Waals surface area contributed by atoms with Crippen molar-refractivity contribution in [1.82, 2.24) is 0 Å². The Morgan fingerprint density at radius 1 is 0.824 bits per heavy atom. The van der Waals surface area contributed by atoms with Gasteiger partial charge in [-0.1, -0.05) is 42.5 Å². The maximum absolute atomic E-state index is 12.3. The summed E-state index contributed by atoms with van der Waals surface area (Å²) in [6.07, 6.45) is 6.66. The smallest absolute Gasteiger partial charge is 0.203 e. The third-order valence-corrected chi connectivity index (χ3v) is 5.03. The summed E-state index contributed by atoms with van der Waals surface area (Å²) < 4.78 is 21.4. The van der Waals surface area contributed by atoms with E-state index in [0.717, 1.165) is 5.56 Å². The van der Waals surface area contributed by atoms with E-state index in [9.17, 15) is 9.90 Å². The molecule has 0 aliphatic rings. The van der Waals surface area contributed by atoms with Crippen LogP contribution < -0.4 is 24.3 Å². The van der Waals surface area contributed by atoms with Crippen molar-refractivity contribution in [2.75, 3.05) is 33.8 Å². The van der Waals surface area contributed by atoms with Crippen LogP contribution in [0.3, 0.4) is 0 Å². The molecule has 3 aromatic carbocycles. The maximum atomic E-state index is 12.3. The second kappa shape index (κ2) is 11.5. The SMILES string of the molecule is COc1cc(N/C=C\C(=O)c2ccccc2)c(/C=C\c2cc(OC)c(OC)c(OC)c2)cc1O. The van der Waals surface area contributed by atoms with Gasteiger partial charge in [0.1, 0.15) is 0 Å². The van der Waals surface area contributed by atoms with Crippen LogP contribution in [-0.2, 0) is 0 Å². The number of hydrogen-bond acceptors (Lipinski definition) is 7. The van der Waals surface area contributed by atoms with Crippen LogP contribution in [0.2, 0.25) is 0 Å². The predicted molar refractivity (Wildman–Crippen MR) is 133 cm³/mol. The molecular formula is C27H27NO6. The highest BCUT2D eigenvalue weighted by Crippen LogP contribution is 2.39. The number of anilines is 1. The molecule has 34 heavy (non-hydrogen) atoms. The zero-order valence-corrected chi connectivity index (χ0v) is 19.5. The van der Waals surface area contributed by atoms with E-state index < -0.39 is 0 Å². The van der Waals surface area contributed by atoms with Crippen LogP contribution in [0.5, 0.6) is 28.7 Å². The molecule has 0 heterocycles. The van der Waals surface area contributed by atoms with Crippen LogP contribution in [-0.4, -0.2) is 39.3 Å². The number of aromatic hydroxyl groups is 1. The van der Waals surface area contributed by atoms with Gasteiger partial charge < -0.3 is 29.4 Å². The average Bonchev–Trinajstić information content (AvgIpc) is 2.87. The first-order valence-corrected chi connectivity index (χ1v) is 10.4. The molecule has 0 amide bonds. The van der Waals surface area contributed by atoms with E-state index >= 15 is 0 Å². The van der Waals surface area contributed by atoms with E-state index in [0.29, 0.717) is 39.8 Å². The van der Waals surface area contributed by atoms with Gasteiger partial charge in [-0.05, 0) is 23.8 Å². The number of nitrogens with one attached hydrogen (secondary N) is 1. The van der Waals surface area contributed by atoms with Gasteiger partial charge in [-0.3, -0.25) is 4.79 Å². The fourth-order valence-electron chi connectivity index (χ4n) is 3.30. The summed E-state index contributed by atoms with van der Waals surface area (Å²) in [6.45, 7) is 0. The molecule has 7 heteroatoms. The van der Waals surface area contributed by atoms with Crippen molar-refractivity contribution < 1.29 is 28.8 Å². The van der Waals surface area contributed by atoms with Gasteiger partial charge in [0.05, 0.1) is 28.4 Å². The highest BCUT2D eigenvalue weighted by molar-refractivity contribution is 6.04. The lowest BCUT2D eigenvalue weighted by atomic mass is 10.1. The van der Waals surface area contributed by atoms with Crippen molar-refractivity contribution in [3.8, 4) is 28.7 Å². The van der Waals surface area contributed by atoms with Gasteiger partial charge in [-0.2, -0.15) is 0 Å². The zero-order chi connectivity index (χ0) is 24.5. The van der Waals surface area contributed by atoms with E-state index in [1.165, 1.54) is 13.2 Å². The fraction of sp³-hybridized carbons (Fsp3) is 0.148. The van der Waals surface area contributed by atoms with E-state index in [2.05, 4.69) is 5.32 Å². The molecule has 3 rings (SSSR count). The van der Waals surface area contributed by atoms with Crippen molar-refractivity contribution in [3.63, 3.8) is 0 Å². The average molecular weight is 462 g/mol. The van der Waals surface area contributed by atoms with Crippen molar-refractivity contribution in [2.45, 2.75) is 0 Å². The van der Waals surface area contributed by atoms with Gasteiger partial charge in [0.15, 0.2) is 28.8 Å². The molecule has 7 nitrogen and oxygen atoms in total. The number of hydrogen-bond donors (Lipinski definition) is 2. The van der Waals surface area contributed by atoms with Crippen molar-refractivity contribution in [1.29, 1.82) is 0 Å². The van der Waals surface area contributed by atoms with E-state index in [-0.39, 0.29) is 11.5 Å². The molecule has 0 spiro atoms. The second-order valence-corrected chi connectivity index (χ2v) is 7.11. The Kier molecular flexibility index (Phi) is 8.18. The molecule has 0 aliphatic carbocycles. The van der Waals surface area contributed by atoms with Gasteiger partial charge in [0.25, 0.3) is 0 Å². The third-order valence-electron chi connectivity index (χ3n) is 5.03. The van der Waals surface area contributed by atoms with Crippen molar-refractivity contribution >= 4 is 23.6 Å². The zero-order valence-electron chi connectivity index (χ0n) is 19.5. The van der Waals surface area contributed by atoms with Crippen LogP contribution >= 0.6 is 0 Å². The van der Waals surface area contributed by atoms with E-state index in [4.69, 9.17) is 18.9 Å². The van der Waals surface area contributed by atoms with Crippen LogP contribution in [0.4, 0.5) is 5.69 Å². The summed E-state index contributed by atoms with van der Waals surface area (Å²) in [4.78, 5) is 12.3. The summed E-state index contributed by atoms with van der Waals surface area (Å²) in [5, 5.41) is 13.4. The fourth-order valence-corrected chi connectivity index (χ4v) is 3.30. The number of phenolic OH excluding ortho intramolecular Hbond substituents is 1. The molecular weight excluding hydrogens is 434 g/mol. The molecule has 0 saturated heterocycles. The number of methoxy groups -OCH3 is 4. The number of ether oxygens (including phenoxy) is 4. The summed E-state index contributed by atoms with van der Waals surface area (Å²) in [5.41, 5.74) is 2.69. The number of carbonyl (C=O) groups is 1. The van der Waals surface area contributed by atoms with E-state index in [1.807, 2.05) is 42.5 Å². The van der Waals surface area contributed by atoms with Crippen LogP contribution in [0.15, 0.2) is 66.9 Å². The standard InChI is InChI=1S/C27H27NO6/c1-31-24-17-21(28-13-12-22(29)19-8-6-5-7-9-19)20(16-23(24)30)11-10-18-14-25(32-2)27(34-4)26(15-18)33-3/h5-17,28,30H,1-4H3/b11-10-,13-12-. The minimum Gasteiger partial charge on any atom is -0.504 e. The second-order valence-electron chi connectivity index (χ2n) is 7.11. The third kappa shape index (κ3) is 5.69. The Bertz CT molecular complexity index is 1180. The summed E-state index contributed by atoms with van der Waals surface area (Å²) in [7, 11) is 6.12. The molecule has 0 saturated carbocycles. The lowest BCUT2D eigenvalue weighted by molar-refractivity contribution is 0.104. The van der Waals surface area contributed by atoms with Gasteiger partial charge in [-0.25, -0.2) is 0 Å². The largest absolute Gasteiger partial charge is 0.504 e. The van der Waals surface area contributed by atoms with Crippen molar-refractivity contribution in [2.24, 2.45) is 0 Å². The molecule has 176 valence electrons. The molecule has 0 aromatic heterocycles. The van der Waals surface area contributed by atoms with E-state index in [1.54, 1.807) is 51.8 Å². The van der Waals surface area contributed by atoms with Crippen molar-refractivity contribution in [3.05, 3.63) is 83.6 Å². The molecule has 0 aliphatic heterocycles. The molecule has 3 aromatic rings. The quantitative estimate of drug-likeness (QED) is 0.181. The first-order chi connectivity index (χ1) is 16.5. The number of carbonyl (C=O) groups excluding carboxylic acids is 1. The monoisotopic (exact) mass is 461 g/mol. The van der Waals surface area contributed by atoms with Gasteiger partial charge in [-0.15, -0.1) is 0 Å². The summed E-state index contributed by atoms with van der Waals surface area (Å²) in [5.74, 6) is 1.71. The van der Waals surface area contributed by atoms with Crippen LogP contribution in [0.25, 0.3) is 12.2 Å². The number of phenols is 1. The minimum atomic E-state index is -0.131. The first-order valence-electron chi connectivity index (χ1n) is 10.4. The maximum Gasteiger partial charge on any atom is 0.203 e. The Hall–Kier alpha value is -4.39. The highest BCUT2D eigenvalue weighted by atomic mass is 16.5. The summed E-state index contributed by atoms with van der Waals surface area (Å²) in [6, 6.07) is 15.8. The van der Waals surface area contributed by atoms with Gasteiger partial charge >= 0.3 is 0 Å². The topological polar surface area (TPSA) is 86.3 Å². The van der Waals surface area contributed by atoms with Crippen LogP contribution in [0, 0.1) is 0 Å². The molecule has 0 bridgehead atoms. The Morgan fingerprint density at radius 3 is 2.06 bits per heavy atom. The Balaban J connectivity index is 1.91. The molecule has 0 unspecified atom stereocenters. The Morgan fingerprint density at radius 2 is 1.47 bits per heavy atom. The highest BCUT2D eigenvalue weighted by Gasteiger charge is 2.13. The number of benzene rings is 3. The number of ketones is 1. The first kappa shape index (κ1) is 24.3. The van der Waals surface area contributed by atoms with Gasteiger partial charge in [0, 0.05) is 35.2 Å². The Labute approximate surface area is 198 Å². The number of allylic oxidation sites excluding steroid dienone is 1. The number of rotatable bonds is 10. The minimum absolute atomic E-state index is 0.0121. The van der Waals surface area contributed by atoms with Gasteiger partial charge in [0.2, 0.25) is 5.75 Å². The normalized spacial score (nSPS) is 10.9. The molecule has 0 atom stereocenters. The molecule has 2 N–H and O–H groups in total. The predicted octanol–water partition coefficient (Wildman–Crippen LogP) is 5.41. The lowest BCUT2D eigenvalue weighted by Gasteiger charge is -2.13.